The molecule has 0 radical (unpaired) electrons. The minimum atomic E-state index is -4.53. The van der Waals surface area contributed by atoms with Gasteiger partial charge in [0.05, 0.1) is 18.8 Å². The molecule has 0 unspecified atom stereocenters. The summed E-state index contributed by atoms with van der Waals surface area (Å²) in [6, 6.07) is 4.35. The van der Waals surface area contributed by atoms with Gasteiger partial charge < -0.3 is 9.64 Å². The molecule has 0 spiro atoms. The lowest BCUT2D eigenvalue weighted by Crippen LogP contribution is -2.53. The molecule has 3 heterocycles. The number of aromatic nitrogens is 3. The van der Waals surface area contributed by atoms with E-state index >= 15 is 0 Å². The van der Waals surface area contributed by atoms with Crippen molar-refractivity contribution in [3.63, 3.8) is 0 Å². The predicted molar refractivity (Wildman–Crippen MR) is 89.6 cm³/mol. The van der Waals surface area contributed by atoms with Crippen LogP contribution in [0.15, 0.2) is 30.6 Å². The number of pyridine rings is 1. The van der Waals surface area contributed by atoms with E-state index in [1.807, 2.05) is 4.90 Å². The summed E-state index contributed by atoms with van der Waals surface area (Å²) in [7, 11) is 0. The van der Waals surface area contributed by atoms with Gasteiger partial charge in [-0.1, -0.05) is 12.8 Å². The van der Waals surface area contributed by atoms with Crippen LogP contribution in [0.25, 0.3) is 11.4 Å². The van der Waals surface area contributed by atoms with E-state index in [0.717, 1.165) is 31.7 Å². The zero-order valence-corrected chi connectivity index (χ0v) is 14.1. The van der Waals surface area contributed by atoms with Crippen LogP contribution in [0.5, 0.6) is 0 Å². The number of ether oxygens (including phenoxy) is 1. The van der Waals surface area contributed by atoms with Gasteiger partial charge >= 0.3 is 6.18 Å². The molecule has 2 atom stereocenters. The molecule has 2 aliphatic rings. The van der Waals surface area contributed by atoms with Crippen molar-refractivity contribution in [3.8, 4) is 11.4 Å². The Morgan fingerprint density at radius 3 is 2.62 bits per heavy atom. The van der Waals surface area contributed by atoms with Crippen molar-refractivity contribution >= 4 is 5.82 Å². The summed E-state index contributed by atoms with van der Waals surface area (Å²) in [5, 5.41) is 0. The second kappa shape index (κ2) is 6.83. The van der Waals surface area contributed by atoms with E-state index in [4.69, 9.17) is 4.74 Å². The maximum atomic E-state index is 13.4. The highest BCUT2D eigenvalue weighted by atomic mass is 19.4. The maximum absolute atomic E-state index is 13.4. The largest absolute Gasteiger partial charge is 0.433 e. The monoisotopic (exact) mass is 364 g/mol. The highest BCUT2D eigenvalue weighted by Gasteiger charge is 2.38. The van der Waals surface area contributed by atoms with Gasteiger partial charge in [-0.25, -0.2) is 9.97 Å². The van der Waals surface area contributed by atoms with E-state index in [1.54, 1.807) is 12.1 Å². The Morgan fingerprint density at radius 2 is 1.85 bits per heavy atom. The zero-order chi connectivity index (χ0) is 18.1. The Kier molecular flexibility index (Phi) is 4.52. The zero-order valence-electron chi connectivity index (χ0n) is 14.1. The van der Waals surface area contributed by atoms with Crippen LogP contribution < -0.4 is 4.90 Å². The van der Waals surface area contributed by atoms with Gasteiger partial charge in [0.15, 0.2) is 11.5 Å². The van der Waals surface area contributed by atoms with Crippen molar-refractivity contribution in [3.05, 3.63) is 36.3 Å². The maximum Gasteiger partial charge on any atom is 0.433 e. The van der Waals surface area contributed by atoms with E-state index in [2.05, 4.69) is 15.0 Å². The average Bonchev–Trinajstić information content (AvgIpc) is 2.67. The molecule has 26 heavy (non-hydrogen) atoms. The first-order valence-electron chi connectivity index (χ1n) is 8.77. The van der Waals surface area contributed by atoms with E-state index in [1.165, 1.54) is 12.4 Å². The summed E-state index contributed by atoms with van der Waals surface area (Å²) in [4.78, 5) is 14.1. The molecule has 0 amide bonds. The van der Waals surface area contributed by atoms with Gasteiger partial charge in [-0.2, -0.15) is 13.2 Å². The number of fused-ring (bicyclic) bond motifs is 1. The van der Waals surface area contributed by atoms with Crippen LogP contribution in [0.3, 0.4) is 0 Å². The van der Waals surface area contributed by atoms with Crippen LogP contribution >= 0.6 is 0 Å². The molecule has 1 saturated heterocycles. The van der Waals surface area contributed by atoms with Crippen molar-refractivity contribution in [2.24, 2.45) is 0 Å². The normalized spacial score (nSPS) is 23.6. The van der Waals surface area contributed by atoms with Gasteiger partial charge in [0.25, 0.3) is 0 Å². The van der Waals surface area contributed by atoms with Crippen LogP contribution in [0.4, 0.5) is 19.0 Å². The van der Waals surface area contributed by atoms with Crippen molar-refractivity contribution in [2.75, 3.05) is 18.1 Å². The molecule has 8 heteroatoms. The summed E-state index contributed by atoms with van der Waals surface area (Å²) in [6.07, 6.45) is 2.55. The third-order valence-electron chi connectivity index (χ3n) is 4.97. The Balaban J connectivity index is 1.77. The molecule has 4 rings (SSSR count). The molecule has 2 aromatic heterocycles. The van der Waals surface area contributed by atoms with Gasteiger partial charge in [-0.3, -0.25) is 4.98 Å². The van der Waals surface area contributed by atoms with Gasteiger partial charge in [0.1, 0.15) is 5.82 Å². The number of nitrogens with zero attached hydrogens (tertiary/aromatic N) is 4. The number of halogens is 3. The first-order chi connectivity index (χ1) is 12.5. The van der Waals surface area contributed by atoms with Gasteiger partial charge in [-0.05, 0) is 25.0 Å². The highest BCUT2D eigenvalue weighted by molar-refractivity contribution is 5.58. The highest BCUT2D eigenvalue weighted by Crippen LogP contribution is 2.35. The second-order valence-corrected chi connectivity index (χ2v) is 6.62. The molecule has 2 aromatic rings. The Bertz CT molecular complexity index is 767. The van der Waals surface area contributed by atoms with E-state index in [0.29, 0.717) is 24.5 Å². The fraction of sp³-hybridized carbons (Fsp3) is 0.500. The second-order valence-electron chi connectivity index (χ2n) is 6.62. The van der Waals surface area contributed by atoms with Crippen LogP contribution in [0.1, 0.15) is 31.4 Å². The molecular formula is C18H19F3N4O. The molecule has 5 nitrogen and oxygen atoms in total. The topological polar surface area (TPSA) is 51.1 Å². The Labute approximate surface area is 149 Å². The van der Waals surface area contributed by atoms with Crippen LogP contribution in [-0.4, -0.2) is 40.2 Å². The summed E-state index contributed by atoms with van der Waals surface area (Å²) in [5.74, 6) is 0.385. The molecule has 0 bridgehead atoms. The lowest BCUT2D eigenvalue weighted by molar-refractivity contribution is -0.141. The molecule has 0 N–H and O–H groups in total. The average molecular weight is 364 g/mol. The SMILES string of the molecule is FC(F)(F)c1cc(N2CCO[C@H]3CCCC[C@H]32)nc(-c2ccncc2)n1. The molecular weight excluding hydrogens is 345 g/mol. The van der Waals surface area contributed by atoms with Crippen molar-refractivity contribution in [2.45, 2.75) is 44.0 Å². The first-order valence-corrected chi connectivity index (χ1v) is 8.77. The first kappa shape index (κ1) is 17.2. The smallest absolute Gasteiger partial charge is 0.374 e. The Morgan fingerprint density at radius 1 is 1.08 bits per heavy atom. The number of rotatable bonds is 2. The molecule has 2 fully saturated rings. The van der Waals surface area contributed by atoms with Crippen molar-refractivity contribution in [1.82, 2.24) is 15.0 Å². The fourth-order valence-electron chi connectivity index (χ4n) is 3.74. The summed E-state index contributed by atoms with van der Waals surface area (Å²) in [6.45, 7) is 1.03. The lowest BCUT2D eigenvalue weighted by Gasteiger charge is -2.44. The van der Waals surface area contributed by atoms with Crippen LogP contribution in [0.2, 0.25) is 0 Å². The lowest BCUT2D eigenvalue weighted by atomic mass is 9.90. The van der Waals surface area contributed by atoms with Crippen LogP contribution in [0, 0.1) is 0 Å². The number of morpholine rings is 1. The van der Waals surface area contributed by atoms with Gasteiger partial charge in [-0.15, -0.1) is 0 Å². The molecule has 1 aliphatic heterocycles. The molecule has 1 aliphatic carbocycles. The minimum Gasteiger partial charge on any atom is -0.374 e. The van der Waals surface area contributed by atoms with E-state index in [-0.39, 0.29) is 18.0 Å². The van der Waals surface area contributed by atoms with Crippen molar-refractivity contribution in [1.29, 1.82) is 0 Å². The van der Waals surface area contributed by atoms with Gasteiger partial charge in [0, 0.05) is 30.6 Å². The minimum absolute atomic E-state index is 0.0613. The summed E-state index contributed by atoms with van der Waals surface area (Å²) >= 11 is 0. The number of alkyl halides is 3. The Hall–Kier alpha value is -2.22. The predicted octanol–water partition coefficient (Wildman–Crippen LogP) is 3.71. The third-order valence-corrected chi connectivity index (χ3v) is 4.97. The third kappa shape index (κ3) is 3.38. The number of hydrogen-bond acceptors (Lipinski definition) is 5. The van der Waals surface area contributed by atoms with E-state index in [9.17, 15) is 13.2 Å². The molecule has 0 aromatic carbocycles. The standard InChI is InChI=1S/C18H19F3N4O/c19-18(20,21)15-11-16(24-17(23-15)12-5-7-22-8-6-12)25-9-10-26-14-4-2-1-3-13(14)25/h5-8,11,13-14H,1-4,9-10H2/t13-,14+/m1/s1. The summed E-state index contributed by atoms with van der Waals surface area (Å²) in [5.41, 5.74) is -0.408. The number of anilines is 1. The van der Waals surface area contributed by atoms with Gasteiger partial charge in [0.2, 0.25) is 0 Å². The van der Waals surface area contributed by atoms with E-state index < -0.39 is 11.9 Å². The number of hydrogen-bond donors (Lipinski definition) is 0. The fourth-order valence-corrected chi connectivity index (χ4v) is 3.74. The molecule has 1 saturated carbocycles. The van der Waals surface area contributed by atoms with Crippen molar-refractivity contribution < 1.29 is 17.9 Å². The summed E-state index contributed by atoms with van der Waals surface area (Å²) < 4.78 is 46.1. The quantitative estimate of drug-likeness (QED) is 0.813. The molecule has 138 valence electrons. The van der Waals surface area contributed by atoms with Crippen LogP contribution in [-0.2, 0) is 10.9 Å².